The zero-order valence-corrected chi connectivity index (χ0v) is 14.5. The number of ether oxygens (including phenoxy) is 1. The highest BCUT2D eigenvalue weighted by Crippen LogP contribution is 2.30. The molecular weight excluding hydrogens is 351 g/mol. The molecule has 0 spiro atoms. The Hall–Kier alpha value is -3.31. The molecule has 3 aromatic heterocycles. The van der Waals surface area contributed by atoms with Gasteiger partial charge in [-0.3, -0.25) is 9.36 Å². The molecule has 11 heteroatoms. The van der Waals surface area contributed by atoms with Gasteiger partial charge >= 0.3 is 13.1 Å². The Morgan fingerprint density at radius 2 is 2.11 bits per heavy atom. The van der Waals surface area contributed by atoms with Gasteiger partial charge in [0.1, 0.15) is 11.2 Å². The van der Waals surface area contributed by atoms with Crippen molar-refractivity contribution in [2.24, 2.45) is 0 Å². The molecule has 0 saturated carbocycles. The molecular formula is C16H17BN6O4. The standard InChI is InChI=1S/C16H17BN6O4/c1-3-4-12(27-9(2)24)23-15-10(5-6-11(22-15)17(25)26)21-16(23)13-14(18)20-8-7-19-13/h3,5-8,12,25-26H,1,4H2,2H3,(H2,18,20). The number of rotatable bonds is 6. The van der Waals surface area contributed by atoms with E-state index in [0.717, 1.165) is 0 Å². The summed E-state index contributed by atoms with van der Waals surface area (Å²) in [6.07, 6.45) is 3.90. The van der Waals surface area contributed by atoms with Crippen LogP contribution in [0.5, 0.6) is 0 Å². The van der Waals surface area contributed by atoms with Crippen molar-refractivity contribution in [2.45, 2.75) is 19.6 Å². The molecule has 0 bridgehead atoms. The number of hydrogen-bond acceptors (Lipinski definition) is 9. The lowest BCUT2D eigenvalue weighted by molar-refractivity contribution is -0.150. The molecule has 4 N–H and O–H groups in total. The van der Waals surface area contributed by atoms with Crippen LogP contribution in [0, 0.1) is 0 Å². The maximum atomic E-state index is 11.6. The molecule has 1 unspecified atom stereocenters. The SMILES string of the molecule is C=CCC(OC(C)=O)n1c(-c2nccnc2N)nc2ccc(B(O)O)nc21. The van der Waals surface area contributed by atoms with Gasteiger partial charge in [-0.15, -0.1) is 6.58 Å². The number of nitrogens with two attached hydrogens (primary N) is 1. The smallest absolute Gasteiger partial charge is 0.441 e. The first-order valence-electron chi connectivity index (χ1n) is 8.02. The summed E-state index contributed by atoms with van der Waals surface area (Å²) in [6.45, 7) is 4.97. The summed E-state index contributed by atoms with van der Waals surface area (Å²) in [4.78, 5) is 28.6. The quantitative estimate of drug-likeness (QED) is 0.305. The third-order valence-corrected chi connectivity index (χ3v) is 3.72. The number of carbonyl (C=O) groups excluding carboxylic acids is 1. The topological polar surface area (TPSA) is 149 Å². The van der Waals surface area contributed by atoms with Crippen LogP contribution in [0.1, 0.15) is 19.6 Å². The van der Waals surface area contributed by atoms with E-state index >= 15 is 0 Å². The number of imidazole rings is 1. The minimum atomic E-state index is -1.77. The van der Waals surface area contributed by atoms with Crippen LogP contribution in [-0.2, 0) is 9.53 Å². The van der Waals surface area contributed by atoms with E-state index in [0.29, 0.717) is 5.52 Å². The number of carbonyl (C=O) groups is 1. The first-order valence-corrected chi connectivity index (χ1v) is 8.02. The van der Waals surface area contributed by atoms with Crippen LogP contribution in [-0.4, -0.2) is 47.6 Å². The summed E-state index contributed by atoms with van der Waals surface area (Å²) >= 11 is 0. The second-order valence-corrected chi connectivity index (χ2v) is 5.64. The van der Waals surface area contributed by atoms with Crippen molar-refractivity contribution < 1.29 is 19.6 Å². The number of nitrogens with zero attached hydrogens (tertiary/aromatic N) is 5. The minimum absolute atomic E-state index is 0.0162. The Kier molecular flexibility index (Phi) is 5.15. The average Bonchev–Trinajstić information content (AvgIpc) is 2.99. The average molecular weight is 368 g/mol. The van der Waals surface area contributed by atoms with Gasteiger partial charge in [0.2, 0.25) is 0 Å². The van der Waals surface area contributed by atoms with Gasteiger partial charge in [-0.1, -0.05) is 6.08 Å². The Morgan fingerprint density at radius 1 is 1.37 bits per heavy atom. The largest absolute Gasteiger partial charge is 0.508 e. The van der Waals surface area contributed by atoms with E-state index in [1.165, 1.54) is 30.0 Å². The molecule has 10 nitrogen and oxygen atoms in total. The van der Waals surface area contributed by atoms with Crippen molar-refractivity contribution in [3.8, 4) is 11.5 Å². The van der Waals surface area contributed by atoms with Gasteiger partial charge in [0.25, 0.3) is 0 Å². The van der Waals surface area contributed by atoms with Crippen molar-refractivity contribution in [3.63, 3.8) is 0 Å². The van der Waals surface area contributed by atoms with Gasteiger partial charge in [0, 0.05) is 25.7 Å². The summed E-state index contributed by atoms with van der Waals surface area (Å²) in [6, 6.07) is 3.00. The Bertz CT molecular complexity index is 1010. The van der Waals surface area contributed by atoms with Gasteiger partial charge in [-0.05, 0) is 12.1 Å². The molecule has 3 aromatic rings. The molecule has 0 aliphatic carbocycles. The Morgan fingerprint density at radius 3 is 2.74 bits per heavy atom. The van der Waals surface area contributed by atoms with E-state index < -0.39 is 19.3 Å². The second-order valence-electron chi connectivity index (χ2n) is 5.64. The van der Waals surface area contributed by atoms with Crippen LogP contribution < -0.4 is 11.3 Å². The number of fused-ring (bicyclic) bond motifs is 1. The van der Waals surface area contributed by atoms with Crippen LogP contribution >= 0.6 is 0 Å². The molecule has 0 amide bonds. The first kappa shape index (κ1) is 18.5. The Balaban J connectivity index is 2.32. The highest BCUT2D eigenvalue weighted by atomic mass is 16.6. The fraction of sp³-hybridized carbons (Fsp3) is 0.188. The number of aromatic nitrogens is 5. The second kappa shape index (κ2) is 7.52. The maximum absolute atomic E-state index is 11.6. The van der Waals surface area contributed by atoms with E-state index in [-0.39, 0.29) is 35.0 Å². The fourth-order valence-corrected chi connectivity index (χ4v) is 2.63. The lowest BCUT2D eigenvalue weighted by Gasteiger charge is -2.20. The van der Waals surface area contributed by atoms with Crippen LogP contribution in [0.2, 0.25) is 0 Å². The van der Waals surface area contributed by atoms with Gasteiger partial charge in [-0.2, -0.15) is 0 Å². The predicted molar refractivity (Wildman–Crippen MR) is 98.4 cm³/mol. The third-order valence-electron chi connectivity index (χ3n) is 3.72. The Labute approximate surface area is 154 Å². The van der Waals surface area contributed by atoms with Crippen LogP contribution in [0.25, 0.3) is 22.7 Å². The molecule has 0 fully saturated rings. The molecule has 0 saturated heterocycles. The van der Waals surface area contributed by atoms with Crippen molar-refractivity contribution in [2.75, 3.05) is 5.73 Å². The maximum Gasteiger partial charge on any atom is 0.508 e. The van der Waals surface area contributed by atoms with Crippen molar-refractivity contribution in [1.82, 2.24) is 24.5 Å². The molecule has 3 heterocycles. The van der Waals surface area contributed by atoms with Crippen LogP contribution in [0.4, 0.5) is 5.82 Å². The number of anilines is 1. The first-order chi connectivity index (χ1) is 12.9. The van der Waals surface area contributed by atoms with E-state index in [4.69, 9.17) is 10.5 Å². The van der Waals surface area contributed by atoms with Crippen LogP contribution in [0.3, 0.4) is 0 Å². The van der Waals surface area contributed by atoms with Crippen molar-refractivity contribution in [3.05, 3.63) is 37.2 Å². The fourth-order valence-electron chi connectivity index (χ4n) is 2.63. The summed E-state index contributed by atoms with van der Waals surface area (Å²) in [7, 11) is -1.77. The van der Waals surface area contributed by atoms with Crippen molar-refractivity contribution >= 4 is 35.7 Å². The molecule has 0 aliphatic rings. The predicted octanol–water partition coefficient (Wildman–Crippen LogP) is -0.212. The lowest BCUT2D eigenvalue weighted by atomic mass is 9.86. The monoisotopic (exact) mass is 368 g/mol. The summed E-state index contributed by atoms with van der Waals surface area (Å²) in [5, 5.41) is 18.9. The van der Waals surface area contributed by atoms with Gasteiger partial charge in [-0.25, -0.2) is 19.9 Å². The molecule has 1 atom stereocenters. The summed E-state index contributed by atoms with van der Waals surface area (Å²) in [5.41, 5.74) is 6.94. The third kappa shape index (κ3) is 3.64. The zero-order valence-electron chi connectivity index (χ0n) is 14.5. The van der Waals surface area contributed by atoms with E-state index in [1.807, 2.05) is 0 Å². The van der Waals surface area contributed by atoms with E-state index in [1.54, 1.807) is 12.1 Å². The lowest BCUT2D eigenvalue weighted by Crippen LogP contribution is -2.33. The van der Waals surface area contributed by atoms with Crippen LogP contribution in [0.15, 0.2) is 37.2 Å². The van der Waals surface area contributed by atoms with Crippen molar-refractivity contribution in [1.29, 1.82) is 0 Å². The van der Waals surface area contributed by atoms with Gasteiger partial charge in [0.05, 0.1) is 5.59 Å². The number of esters is 1. The number of nitrogen functional groups attached to an aromatic ring is 1. The molecule has 0 aliphatic heterocycles. The number of hydrogen-bond donors (Lipinski definition) is 3. The summed E-state index contributed by atoms with van der Waals surface area (Å²) < 4.78 is 6.92. The van der Waals surface area contributed by atoms with E-state index in [2.05, 4.69) is 26.5 Å². The number of pyridine rings is 1. The normalized spacial score (nSPS) is 12.0. The minimum Gasteiger partial charge on any atom is -0.441 e. The zero-order chi connectivity index (χ0) is 19.6. The van der Waals surface area contributed by atoms with Gasteiger partial charge < -0.3 is 20.5 Å². The highest BCUT2D eigenvalue weighted by molar-refractivity contribution is 6.57. The molecule has 27 heavy (non-hydrogen) atoms. The summed E-state index contributed by atoms with van der Waals surface area (Å²) in [5.74, 6) is -0.0995. The molecule has 0 aromatic carbocycles. The van der Waals surface area contributed by atoms with E-state index in [9.17, 15) is 14.8 Å². The van der Waals surface area contributed by atoms with Gasteiger partial charge in [0.15, 0.2) is 23.5 Å². The molecule has 0 radical (unpaired) electrons. The highest BCUT2D eigenvalue weighted by Gasteiger charge is 2.26. The molecule has 3 rings (SSSR count). The molecule has 138 valence electrons.